The molecule has 0 radical (unpaired) electrons. The molecule has 8 heteroatoms. The maximum atomic E-state index is 12.1. The highest BCUT2D eigenvalue weighted by Crippen LogP contribution is 2.16. The smallest absolute Gasteiger partial charge is 0.233 e. The molecule has 0 spiro atoms. The first-order valence-corrected chi connectivity index (χ1v) is 8.47. The number of hydrogen-bond donors (Lipinski definition) is 2. The van der Waals surface area contributed by atoms with Gasteiger partial charge < -0.3 is 10.1 Å². The lowest BCUT2D eigenvalue weighted by molar-refractivity contribution is 0.183. The number of rotatable bonds is 7. The molecule has 0 aromatic carbocycles. The van der Waals surface area contributed by atoms with Gasteiger partial charge in [-0.15, -0.1) is 0 Å². The number of nitrogens with one attached hydrogen (secondary N) is 2. The topological polar surface area (TPSA) is 85.2 Å². The van der Waals surface area contributed by atoms with E-state index in [0.717, 1.165) is 25.9 Å². The number of sulfonamides is 1. The molecule has 114 valence electrons. The van der Waals surface area contributed by atoms with Crippen molar-refractivity contribution >= 4 is 15.7 Å². The van der Waals surface area contributed by atoms with E-state index in [4.69, 9.17) is 4.74 Å². The fourth-order valence-corrected chi connectivity index (χ4v) is 3.81. The van der Waals surface area contributed by atoms with Crippen LogP contribution in [0, 0.1) is 5.92 Å². The number of aromatic nitrogens is 2. The minimum absolute atomic E-state index is 0.179. The van der Waals surface area contributed by atoms with Crippen molar-refractivity contribution in [2.24, 2.45) is 5.92 Å². The van der Waals surface area contributed by atoms with Crippen LogP contribution in [0.1, 0.15) is 12.8 Å². The Hall–Kier alpha value is -1.12. The molecule has 2 heterocycles. The molecule has 0 bridgehead atoms. The lowest BCUT2D eigenvalue weighted by atomic mass is 10.0. The highest BCUT2D eigenvalue weighted by atomic mass is 32.2. The third-order valence-corrected chi connectivity index (χ3v) is 4.80. The Bertz CT molecular complexity index is 509. The van der Waals surface area contributed by atoms with E-state index in [1.165, 1.54) is 6.20 Å². The van der Waals surface area contributed by atoms with Crippen molar-refractivity contribution in [2.75, 3.05) is 37.3 Å². The predicted molar refractivity (Wildman–Crippen MR) is 77.1 cm³/mol. The summed E-state index contributed by atoms with van der Waals surface area (Å²) in [7, 11) is -1.69. The first-order valence-electron chi connectivity index (χ1n) is 6.81. The monoisotopic (exact) mass is 302 g/mol. The summed E-state index contributed by atoms with van der Waals surface area (Å²) in [6, 6.07) is 0. The Labute approximate surface area is 119 Å². The van der Waals surface area contributed by atoms with Gasteiger partial charge in [-0.25, -0.2) is 8.42 Å². The highest BCUT2D eigenvalue weighted by Gasteiger charge is 2.21. The predicted octanol–water partition coefficient (Wildman–Crippen LogP) is 0.271. The molecule has 0 atom stereocenters. The summed E-state index contributed by atoms with van der Waals surface area (Å²) < 4.78 is 33.4. The zero-order valence-corrected chi connectivity index (χ0v) is 12.5. The van der Waals surface area contributed by atoms with Gasteiger partial charge in [-0.2, -0.15) is 5.10 Å². The van der Waals surface area contributed by atoms with Gasteiger partial charge in [0.1, 0.15) is 0 Å². The van der Waals surface area contributed by atoms with Crippen molar-refractivity contribution in [1.82, 2.24) is 15.1 Å². The molecule has 1 aromatic heterocycles. The molecule has 0 amide bonds. The zero-order valence-electron chi connectivity index (χ0n) is 11.7. The second-order valence-corrected chi connectivity index (χ2v) is 6.83. The first-order chi connectivity index (χ1) is 9.59. The molecule has 0 aliphatic carbocycles. The van der Waals surface area contributed by atoms with Crippen LogP contribution < -0.4 is 10.0 Å². The van der Waals surface area contributed by atoms with E-state index in [-0.39, 0.29) is 11.7 Å². The van der Waals surface area contributed by atoms with E-state index in [1.807, 2.05) is 0 Å². The van der Waals surface area contributed by atoms with Gasteiger partial charge in [0.05, 0.1) is 30.8 Å². The summed E-state index contributed by atoms with van der Waals surface area (Å²) in [6.07, 6.45) is 5.02. The van der Waals surface area contributed by atoms with Crippen molar-refractivity contribution < 1.29 is 13.2 Å². The van der Waals surface area contributed by atoms with Crippen LogP contribution in [0.5, 0.6) is 0 Å². The zero-order chi connectivity index (χ0) is 14.4. The number of ether oxygens (including phenoxy) is 1. The molecular formula is C12H22N4O3S. The third-order valence-electron chi connectivity index (χ3n) is 3.34. The normalized spacial score (nSPS) is 17.2. The average Bonchev–Trinajstić information content (AvgIpc) is 2.83. The average molecular weight is 302 g/mol. The molecule has 7 nitrogen and oxygen atoms in total. The van der Waals surface area contributed by atoms with Gasteiger partial charge in [0.25, 0.3) is 0 Å². The van der Waals surface area contributed by atoms with E-state index in [1.54, 1.807) is 18.0 Å². The molecule has 1 saturated heterocycles. The van der Waals surface area contributed by atoms with E-state index < -0.39 is 10.0 Å². The third kappa shape index (κ3) is 4.77. The standard InChI is InChI=1S/C12H22N4O3S/c1-19-7-6-16-9-12(8-14-16)15-20(17,18)10-11-2-4-13-5-3-11/h8-9,11,13,15H,2-7,10H2,1H3. The molecule has 20 heavy (non-hydrogen) atoms. The van der Waals surface area contributed by atoms with E-state index in [9.17, 15) is 8.42 Å². The molecule has 1 fully saturated rings. The summed E-state index contributed by atoms with van der Waals surface area (Å²) in [4.78, 5) is 0. The van der Waals surface area contributed by atoms with Crippen molar-refractivity contribution in [2.45, 2.75) is 19.4 Å². The molecule has 1 aliphatic rings. The molecular weight excluding hydrogens is 280 g/mol. The van der Waals surface area contributed by atoms with E-state index >= 15 is 0 Å². The number of anilines is 1. The molecule has 2 N–H and O–H groups in total. The summed E-state index contributed by atoms with van der Waals surface area (Å²) in [6.45, 7) is 2.94. The molecule has 1 aliphatic heterocycles. The van der Waals surface area contributed by atoms with Crippen LogP contribution in [0.2, 0.25) is 0 Å². The van der Waals surface area contributed by atoms with Gasteiger partial charge >= 0.3 is 0 Å². The minimum atomic E-state index is -3.30. The summed E-state index contributed by atoms with van der Waals surface area (Å²) >= 11 is 0. The van der Waals surface area contributed by atoms with E-state index in [2.05, 4.69) is 15.1 Å². The fraction of sp³-hybridized carbons (Fsp3) is 0.750. The lowest BCUT2D eigenvalue weighted by Gasteiger charge is -2.22. The molecule has 1 aromatic rings. The van der Waals surface area contributed by atoms with Gasteiger partial charge in [0.2, 0.25) is 10.0 Å². The lowest BCUT2D eigenvalue weighted by Crippen LogP contribution is -2.32. The Morgan fingerprint density at radius 1 is 1.50 bits per heavy atom. The maximum absolute atomic E-state index is 12.1. The Morgan fingerprint density at radius 3 is 2.95 bits per heavy atom. The second-order valence-electron chi connectivity index (χ2n) is 5.06. The quantitative estimate of drug-likeness (QED) is 0.755. The Balaban J connectivity index is 1.88. The fourth-order valence-electron chi connectivity index (χ4n) is 2.30. The van der Waals surface area contributed by atoms with Crippen LogP contribution in [0.25, 0.3) is 0 Å². The number of nitrogens with zero attached hydrogens (tertiary/aromatic N) is 2. The summed E-state index contributed by atoms with van der Waals surface area (Å²) in [5.74, 6) is 0.412. The van der Waals surface area contributed by atoms with Crippen LogP contribution >= 0.6 is 0 Å². The van der Waals surface area contributed by atoms with Crippen LogP contribution in [0.4, 0.5) is 5.69 Å². The van der Waals surface area contributed by atoms with Crippen LogP contribution in [-0.2, 0) is 21.3 Å². The SMILES string of the molecule is COCCn1cc(NS(=O)(=O)CC2CCNCC2)cn1. The first kappa shape index (κ1) is 15.3. The Kier molecular flexibility index (Phi) is 5.38. The van der Waals surface area contributed by atoms with Crippen molar-refractivity contribution in [3.05, 3.63) is 12.4 Å². The maximum Gasteiger partial charge on any atom is 0.233 e. The highest BCUT2D eigenvalue weighted by molar-refractivity contribution is 7.92. The largest absolute Gasteiger partial charge is 0.383 e. The summed E-state index contributed by atoms with van der Waals surface area (Å²) in [5, 5.41) is 7.32. The number of methoxy groups -OCH3 is 1. The Morgan fingerprint density at radius 2 is 2.25 bits per heavy atom. The van der Waals surface area contributed by atoms with Gasteiger partial charge in [0, 0.05) is 13.3 Å². The van der Waals surface area contributed by atoms with Crippen LogP contribution in [-0.4, -0.2) is 50.8 Å². The molecule has 2 rings (SSSR count). The van der Waals surface area contributed by atoms with Crippen molar-refractivity contribution in [1.29, 1.82) is 0 Å². The van der Waals surface area contributed by atoms with Gasteiger partial charge in [-0.05, 0) is 31.8 Å². The van der Waals surface area contributed by atoms with Gasteiger partial charge in [0.15, 0.2) is 0 Å². The summed E-state index contributed by atoms with van der Waals surface area (Å²) in [5.41, 5.74) is 0.509. The molecule has 0 saturated carbocycles. The number of piperidine rings is 1. The van der Waals surface area contributed by atoms with Gasteiger partial charge in [-0.3, -0.25) is 9.40 Å². The minimum Gasteiger partial charge on any atom is -0.383 e. The van der Waals surface area contributed by atoms with Crippen LogP contribution in [0.3, 0.4) is 0 Å². The van der Waals surface area contributed by atoms with Crippen LogP contribution in [0.15, 0.2) is 12.4 Å². The second kappa shape index (κ2) is 7.05. The molecule has 0 unspecified atom stereocenters. The van der Waals surface area contributed by atoms with Crippen molar-refractivity contribution in [3.8, 4) is 0 Å². The number of hydrogen-bond acceptors (Lipinski definition) is 5. The van der Waals surface area contributed by atoms with Crippen molar-refractivity contribution in [3.63, 3.8) is 0 Å². The van der Waals surface area contributed by atoms with E-state index in [0.29, 0.717) is 18.8 Å². The van der Waals surface area contributed by atoms with Gasteiger partial charge in [-0.1, -0.05) is 0 Å².